The number of benzene rings is 1. The summed E-state index contributed by atoms with van der Waals surface area (Å²) >= 11 is 0. The molecule has 26 heavy (non-hydrogen) atoms. The number of sulfone groups is 1. The van der Waals surface area contributed by atoms with Gasteiger partial charge in [-0.25, -0.2) is 8.42 Å². The number of hydrogen-bond acceptors (Lipinski definition) is 4. The van der Waals surface area contributed by atoms with Gasteiger partial charge in [-0.1, -0.05) is 18.1 Å². The van der Waals surface area contributed by atoms with Gasteiger partial charge in [-0.3, -0.25) is 0 Å². The van der Waals surface area contributed by atoms with Gasteiger partial charge in [0.25, 0.3) is 0 Å². The van der Waals surface area contributed by atoms with Crippen molar-refractivity contribution in [1.29, 1.82) is 0 Å². The quantitative estimate of drug-likeness (QED) is 0.846. The van der Waals surface area contributed by atoms with Crippen LogP contribution < -0.4 is 5.32 Å². The van der Waals surface area contributed by atoms with Gasteiger partial charge in [0.15, 0.2) is 0 Å². The van der Waals surface area contributed by atoms with Gasteiger partial charge in [-0.15, -0.1) is 5.92 Å². The van der Waals surface area contributed by atoms with Crippen LogP contribution in [0.25, 0.3) is 5.70 Å². The van der Waals surface area contributed by atoms with Gasteiger partial charge in [0.05, 0.1) is 11.4 Å². The number of allylic oxidation sites excluding steroid dienone is 1. The fraction of sp³-hybridized carbons (Fsp3) is 0.300. The van der Waals surface area contributed by atoms with E-state index in [9.17, 15) is 8.42 Å². The number of rotatable bonds is 3. The first-order chi connectivity index (χ1) is 12.6. The van der Waals surface area contributed by atoms with Crippen molar-refractivity contribution in [2.24, 2.45) is 0 Å². The third kappa shape index (κ3) is 2.74. The Labute approximate surface area is 153 Å². The lowest BCUT2D eigenvalue weighted by atomic mass is 10.1. The molecule has 2 aliphatic rings. The maximum atomic E-state index is 13.3. The molecule has 134 valence electrons. The summed E-state index contributed by atoms with van der Waals surface area (Å²) in [5, 5.41) is 3.42. The molecule has 1 aromatic carbocycles. The highest BCUT2D eigenvalue weighted by atomic mass is 32.2. The molecule has 0 atom stereocenters. The second-order valence-electron chi connectivity index (χ2n) is 6.36. The Morgan fingerprint density at radius 1 is 1.15 bits per heavy atom. The molecule has 0 spiro atoms. The van der Waals surface area contributed by atoms with E-state index in [1.807, 2.05) is 47.3 Å². The molecule has 3 heterocycles. The number of nitrogens with zero attached hydrogens (tertiary/aromatic N) is 1. The molecule has 1 fully saturated rings. The minimum absolute atomic E-state index is 0.160. The first-order valence-electron chi connectivity index (χ1n) is 8.66. The summed E-state index contributed by atoms with van der Waals surface area (Å²) in [5.74, 6) is 5.58. The fourth-order valence-corrected chi connectivity index (χ4v) is 5.30. The average molecular weight is 368 g/mol. The largest absolute Gasteiger partial charge is 0.381 e. The summed E-state index contributed by atoms with van der Waals surface area (Å²) in [6.07, 6.45) is 5.41. The van der Waals surface area contributed by atoms with Crippen LogP contribution in [-0.2, 0) is 14.6 Å². The van der Waals surface area contributed by atoms with Gasteiger partial charge in [0.2, 0.25) is 9.84 Å². The van der Waals surface area contributed by atoms with Crippen LogP contribution in [0.15, 0.2) is 52.5 Å². The van der Waals surface area contributed by atoms with Gasteiger partial charge >= 0.3 is 0 Å². The second-order valence-corrected chi connectivity index (χ2v) is 8.18. The molecular weight excluding hydrogens is 348 g/mol. The molecule has 5 nitrogen and oxygen atoms in total. The zero-order valence-electron chi connectivity index (χ0n) is 14.5. The first kappa shape index (κ1) is 17.0. The van der Waals surface area contributed by atoms with Crippen LogP contribution in [0.1, 0.15) is 25.3 Å². The number of hydrogen-bond donors (Lipinski definition) is 1. The average Bonchev–Trinajstić information content (AvgIpc) is 3.23. The van der Waals surface area contributed by atoms with E-state index >= 15 is 0 Å². The van der Waals surface area contributed by atoms with Gasteiger partial charge in [-0.2, -0.15) is 0 Å². The van der Waals surface area contributed by atoms with E-state index in [1.165, 1.54) is 0 Å². The van der Waals surface area contributed by atoms with Crippen LogP contribution >= 0.6 is 0 Å². The zero-order valence-corrected chi connectivity index (χ0v) is 15.3. The molecule has 1 saturated heterocycles. The van der Waals surface area contributed by atoms with E-state index in [0.29, 0.717) is 35.1 Å². The Hall–Kier alpha value is -2.49. The maximum absolute atomic E-state index is 13.3. The number of nitrogens with one attached hydrogen (secondary N) is 1. The standard InChI is InChI=1S/C20H20N2O3S/c1-2-6-18-19(22-11-3-4-12-22)16-7-5-8-17(20(16)26(18,23)24)21-15-9-13-25-14-10-15/h3-5,7-8,11-12,15,21H,9-10,13-14H2,1H3. The Kier molecular flexibility index (Phi) is 4.35. The lowest BCUT2D eigenvalue weighted by Gasteiger charge is -2.25. The third-order valence-electron chi connectivity index (χ3n) is 4.70. The molecule has 0 aliphatic carbocycles. The first-order valence-corrected chi connectivity index (χ1v) is 10.1. The van der Waals surface area contributed by atoms with E-state index in [4.69, 9.17) is 4.74 Å². The third-order valence-corrected chi connectivity index (χ3v) is 6.51. The lowest BCUT2D eigenvalue weighted by molar-refractivity contribution is 0.0904. The highest BCUT2D eigenvalue weighted by molar-refractivity contribution is 7.96. The molecule has 1 aromatic heterocycles. The van der Waals surface area contributed by atoms with E-state index in [-0.39, 0.29) is 10.9 Å². The summed E-state index contributed by atoms with van der Waals surface area (Å²) in [7, 11) is -3.67. The van der Waals surface area contributed by atoms with Crippen molar-refractivity contribution in [2.45, 2.75) is 30.7 Å². The fourth-order valence-electron chi connectivity index (χ4n) is 3.52. The Balaban J connectivity index is 1.87. The summed E-state index contributed by atoms with van der Waals surface area (Å²) < 4.78 is 33.8. The molecule has 2 aromatic rings. The van der Waals surface area contributed by atoms with Crippen molar-refractivity contribution < 1.29 is 13.2 Å². The van der Waals surface area contributed by atoms with Crippen molar-refractivity contribution in [3.8, 4) is 11.8 Å². The van der Waals surface area contributed by atoms with Crippen molar-refractivity contribution in [3.63, 3.8) is 0 Å². The topological polar surface area (TPSA) is 60.3 Å². The molecule has 0 unspecified atom stereocenters. The monoisotopic (exact) mass is 368 g/mol. The van der Waals surface area contributed by atoms with E-state index in [1.54, 1.807) is 6.92 Å². The zero-order chi connectivity index (χ0) is 18.1. The van der Waals surface area contributed by atoms with Crippen LogP contribution in [0.2, 0.25) is 0 Å². The van der Waals surface area contributed by atoms with Crippen LogP contribution in [0, 0.1) is 11.8 Å². The highest BCUT2D eigenvalue weighted by Crippen LogP contribution is 2.43. The van der Waals surface area contributed by atoms with Crippen LogP contribution in [-0.4, -0.2) is 32.2 Å². The van der Waals surface area contributed by atoms with Gasteiger partial charge in [0, 0.05) is 37.2 Å². The van der Waals surface area contributed by atoms with Gasteiger partial charge < -0.3 is 14.6 Å². The van der Waals surface area contributed by atoms with Crippen molar-refractivity contribution in [1.82, 2.24) is 4.57 Å². The number of fused-ring (bicyclic) bond motifs is 1. The summed E-state index contributed by atoms with van der Waals surface area (Å²) in [6.45, 7) is 3.04. The molecule has 4 rings (SSSR count). The molecule has 1 N–H and O–H groups in total. The normalized spacial score (nSPS) is 19.0. The lowest BCUT2D eigenvalue weighted by Crippen LogP contribution is -2.28. The van der Waals surface area contributed by atoms with Crippen LogP contribution in [0.5, 0.6) is 0 Å². The molecule has 0 bridgehead atoms. The van der Waals surface area contributed by atoms with Crippen molar-refractivity contribution in [2.75, 3.05) is 18.5 Å². The van der Waals surface area contributed by atoms with E-state index in [0.717, 1.165) is 12.8 Å². The molecule has 2 aliphatic heterocycles. The Morgan fingerprint density at radius 3 is 2.58 bits per heavy atom. The molecular formula is C20H20N2O3S. The van der Waals surface area contributed by atoms with E-state index < -0.39 is 9.84 Å². The number of ether oxygens (including phenoxy) is 1. The predicted octanol–water partition coefficient (Wildman–Crippen LogP) is 3.11. The van der Waals surface area contributed by atoms with E-state index in [2.05, 4.69) is 17.2 Å². The van der Waals surface area contributed by atoms with Gasteiger partial charge in [-0.05, 0) is 38.0 Å². The van der Waals surface area contributed by atoms with Crippen molar-refractivity contribution in [3.05, 3.63) is 53.2 Å². The number of aromatic nitrogens is 1. The predicted molar refractivity (Wildman–Crippen MR) is 101 cm³/mol. The smallest absolute Gasteiger partial charge is 0.219 e. The van der Waals surface area contributed by atoms with Crippen LogP contribution in [0.3, 0.4) is 0 Å². The Morgan fingerprint density at radius 2 is 1.88 bits per heavy atom. The molecule has 0 radical (unpaired) electrons. The van der Waals surface area contributed by atoms with Crippen molar-refractivity contribution >= 4 is 21.2 Å². The summed E-state index contributed by atoms with van der Waals surface area (Å²) in [5.41, 5.74) is 1.96. The van der Waals surface area contributed by atoms with Gasteiger partial charge in [0.1, 0.15) is 9.80 Å². The maximum Gasteiger partial charge on any atom is 0.219 e. The second kappa shape index (κ2) is 6.67. The minimum atomic E-state index is -3.67. The summed E-state index contributed by atoms with van der Waals surface area (Å²) in [4.78, 5) is 0.486. The minimum Gasteiger partial charge on any atom is -0.381 e. The molecule has 6 heteroatoms. The molecule has 0 amide bonds. The summed E-state index contributed by atoms with van der Waals surface area (Å²) in [6, 6.07) is 9.53. The SMILES string of the molecule is CC#CC1=C(n2cccc2)c2cccc(NC3CCOCC3)c2S1(=O)=O. The highest BCUT2D eigenvalue weighted by Gasteiger charge is 2.38. The van der Waals surface area contributed by atoms with Crippen LogP contribution in [0.4, 0.5) is 5.69 Å². The Bertz CT molecular complexity index is 1020. The number of anilines is 1. The molecule has 0 saturated carbocycles.